The molecule has 0 aromatic heterocycles. The van der Waals surface area contributed by atoms with Crippen LogP contribution in [0.3, 0.4) is 0 Å². The van der Waals surface area contributed by atoms with Gasteiger partial charge < -0.3 is 10.5 Å². The van der Waals surface area contributed by atoms with E-state index in [-0.39, 0.29) is 11.9 Å². The van der Waals surface area contributed by atoms with Crippen LogP contribution in [0.5, 0.6) is 5.75 Å². The molecule has 0 bridgehead atoms. The number of hydrogen-bond donors (Lipinski definition) is 1. The molecule has 0 saturated carbocycles. The molecule has 100 valence electrons. The Kier molecular flexibility index (Phi) is 4.17. The number of ether oxygens (including phenoxy) is 1. The Balaban J connectivity index is 2.21. The van der Waals surface area contributed by atoms with Crippen LogP contribution in [0.25, 0.3) is 0 Å². The lowest BCUT2D eigenvalue weighted by atomic mass is 9.97. The van der Waals surface area contributed by atoms with Gasteiger partial charge in [-0.15, -0.1) is 0 Å². The summed E-state index contributed by atoms with van der Waals surface area (Å²) in [7, 11) is 1.64. The Hall–Kier alpha value is -1.87. The molecule has 2 rings (SSSR count). The molecule has 0 aliphatic rings. The fourth-order valence-corrected chi connectivity index (χ4v) is 2.13. The van der Waals surface area contributed by atoms with Crippen molar-refractivity contribution < 1.29 is 9.13 Å². The highest BCUT2D eigenvalue weighted by Gasteiger charge is 2.13. The average molecular weight is 259 g/mol. The highest BCUT2D eigenvalue weighted by molar-refractivity contribution is 5.39. The van der Waals surface area contributed by atoms with Crippen molar-refractivity contribution in [2.45, 2.75) is 19.4 Å². The van der Waals surface area contributed by atoms with Gasteiger partial charge in [-0.25, -0.2) is 4.39 Å². The number of halogens is 1. The first-order valence-electron chi connectivity index (χ1n) is 6.24. The molecule has 0 aliphatic heterocycles. The molecule has 0 saturated heterocycles. The van der Waals surface area contributed by atoms with Gasteiger partial charge >= 0.3 is 0 Å². The van der Waals surface area contributed by atoms with Gasteiger partial charge in [0.2, 0.25) is 0 Å². The van der Waals surface area contributed by atoms with Crippen LogP contribution >= 0.6 is 0 Å². The first-order valence-corrected chi connectivity index (χ1v) is 6.24. The summed E-state index contributed by atoms with van der Waals surface area (Å²) in [6.45, 7) is 2.02. The van der Waals surface area contributed by atoms with Crippen LogP contribution in [-0.4, -0.2) is 7.11 Å². The Morgan fingerprint density at radius 1 is 1.16 bits per heavy atom. The van der Waals surface area contributed by atoms with Crippen LogP contribution in [-0.2, 0) is 6.42 Å². The maximum atomic E-state index is 12.9. The topological polar surface area (TPSA) is 35.2 Å². The average Bonchev–Trinajstić information content (AvgIpc) is 2.41. The van der Waals surface area contributed by atoms with Gasteiger partial charge in [-0.2, -0.15) is 0 Å². The van der Waals surface area contributed by atoms with Crippen molar-refractivity contribution >= 4 is 0 Å². The second-order valence-electron chi connectivity index (χ2n) is 4.68. The second-order valence-corrected chi connectivity index (χ2v) is 4.68. The summed E-state index contributed by atoms with van der Waals surface area (Å²) in [5.74, 6) is 0.561. The standard InChI is InChI=1S/C16H18FNO/c1-11-3-8-16(19-2)14(9-11)15(18)10-12-4-6-13(17)7-5-12/h3-9,15H,10,18H2,1-2H3. The number of rotatable bonds is 4. The fraction of sp³-hybridized carbons (Fsp3) is 0.250. The summed E-state index contributed by atoms with van der Waals surface area (Å²) in [4.78, 5) is 0. The zero-order valence-corrected chi connectivity index (χ0v) is 11.2. The molecule has 0 aliphatic carbocycles. The van der Waals surface area contributed by atoms with Crippen molar-refractivity contribution in [3.8, 4) is 5.75 Å². The monoisotopic (exact) mass is 259 g/mol. The van der Waals surface area contributed by atoms with Crippen LogP contribution in [0.2, 0.25) is 0 Å². The van der Waals surface area contributed by atoms with Gasteiger partial charge in [0.1, 0.15) is 11.6 Å². The predicted molar refractivity (Wildman–Crippen MR) is 74.8 cm³/mol. The fourth-order valence-electron chi connectivity index (χ4n) is 2.13. The molecule has 2 aromatic carbocycles. The highest BCUT2D eigenvalue weighted by atomic mass is 19.1. The van der Waals surface area contributed by atoms with Crippen LogP contribution in [0.15, 0.2) is 42.5 Å². The summed E-state index contributed by atoms with van der Waals surface area (Å²) in [5.41, 5.74) is 9.37. The van der Waals surface area contributed by atoms with E-state index in [9.17, 15) is 4.39 Å². The predicted octanol–water partition coefficient (Wildman–Crippen LogP) is 3.39. The lowest BCUT2D eigenvalue weighted by molar-refractivity contribution is 0.405. The van der Waals surface area contributed by atoms with Crippen LogP contribution in [0, 0.1) is 12.7 Å². The van der Waals surface area contributed by atoms with Gasteiger partial charge in [0.15, 0.2) is 0 Å². The molecular formula is C16H18FNO. The van der Waals surface area contributed by atoms with Gasteiger partial charge in [-0.3, -0.25) is 0 Å². The third-order valence-electron chi connectivity index (χ3n) is 3.15. The number of aryl methyl sites for hydroxylation is 1. The number of nitrogens with two attached hydrogens (primary N) is 1. The Morgan fingerprint density at radius 2 is 1.84 bits per heavy atom. The summed E-state index contributed by atoms with van der Waals surface area (Å²) in [5, 5.41) is 0. The smallest absolute Gasteiger partial charge is 0.123 e. The largest absolute Gasteiger partial charge is 0.496 e. The maximum absolute atomic E-state index is 12.9. The zero-order valence-electron chi connectivity index (χ0n) is 11.2. The van der Waals surface area contributed by atoms with Gasteiger partial charge in [-0.05, 0) is 37.1 Å². The van der Waals surface area contributed by atoms with Crippen LogP contribution in [0.1, 0.15) is 22.7 Å². The molecule has 2 N–H and O–H groups in total. The molecule has 2 nitrogen and oxygen atoms in total. The third kappa shape index (κ3) is 3.32. The molecule has 0 fully saturated rings. The number of hydrogen-bond acceptors (Lipinski definition) is 2. The molecule has 3 heteroatoms. The van der Waals surface area contributed by atoms with Gasteiger partial charge in [0.25, 0.3) is 0 Å². The molecular weight excluding hydrogens is 241 g/mol. The van der Waals surface area contributed by atoms with Gasteiger partial charge in [0.05, 0.1) is 7.11 Å². The van der Waals surface area contributed by atoms with E-state index in [0.717, 1.165) is 22.4 Å². The summed E-state index contributed by atoms with van der Waals surface area (Å²) < 4.78 is 18.2. The van der Waals surface area contributed by atoms with E-state index >= 15 is 0 Å². The lowest BCUT2D eigenvalue weighted by Crippen LogP contribution is -2.14. The molecule has 19 heavy (non-hydrogen) atoms. The van der Waals surface area contributed by atoms with Gasteiger partial charge in [-0.1, -0.05) is 29.8 Å². The van der Waals surface area contributed by atoms with Crippen molar-refractivity contribution in [3.05, 3.63) is 65.0 Å². The minimum Gasteiger partial charge on any atom is -0.496 e. The first-order chi connectivity index (χ1) is 9.10. The normalized spacial score (nSPS) is 12.2. The lowest BCUT2D eigenvalue weighted by Gasteiger charge is -2.16. The van der Waals surface area contributed by atoms with Crippen molar-refractivity contribution in [1.82, 2.24) is 0 Å². The molecule has 0 heterocycles. The van der Waals surface area contributed by atoms with E-state index in [1.165, 1.54) is 12.1 Å². The Labute approximate surface area is 113 Å². The van der Waals surface area contributed by atoms with E-state index in [0.29, 0.717) is 6.42 Å². The minimum absolute atomic E-state index is 0.166. The quantitative estimate of drug-likeness (QED) is 0.913. The van der Waals surface area contributed by atoms with Crippen molar-refractivity contribution in [1.29, 1.82) is 0 Å². The molecule has 0 spiro atoms. The van der Waals surface area contributed by atoms with Crippen molar-refractivity contribution in [2.75, 3.05) is 7.11 Å². The van der Waals surface area contributed by atoms with E-state index in [4.69, 9.17) is 10.5 Å². The zero-order chi connectivity index (χ0) is 13.8. The second kappa shape index (κ2) is 5.85. The number of benzene rings is 2. The molecule has 1 unspecified atom stereocenters. The van der Waals surface area contributed by atoms with E-state index < -0.39 is 0 Å². The van der Waals surface area contributed by atoms with E-state index in [1.54, 1.807) is 19.2 Å². The molecule has 0 radical (unpaired) electrons. The third-order valence-corrected chi connectivity index (χ3v) is 3.15. The van der Waals surface area contributed by atoms with Crippen LogP contribution < -0.4 is 10.5 Å². The number of methoxy groups -OCH3 is 1. The van der Waals surface area contributed by atoms with Gasteiger partial charge in [0, 0.05) is 11.6 Å². The SMILES string of the molecule is COc1ccc(C)cc1C(N)Cc1ccc(F)cc1. The highest BCUT2D eigenvalue weighted by Crippen LogP contribution is 2.27. The van der Waals surface area contributed by atoms with Crippen LogP contribution in [0.4, 0.5) is 4.39 Å². The molecule has 0 amide bonds. The van der Waals surface area contributed by atoms with Crippen molar-refractivity contribution in [2.24, 2.45) is 5.73 Å². The Bertz CT molecular complexity index is 551. The van der Waals surface area contributed by atoms with Crippen molar-refractivity contribution in [3.63, 3.8) is 0 Å². The Morgan fingerprint density at radius 3 is 2.47 bits per heavy atom. The first kappa shape index (κ1) is 13.6. The maximum Gasteiger partial charge on any atom is 0.123 e. The summed E-state index contributed by atoms with van der Waals surface area (Å²) in [6, 6.07) is 12.2. The van der Waals surface area contributed by atoms with E-state index in [1.807, 2.05) is 25.1 Å². The molecule has 1 atom stereocenters. The minimum atomic E-state index is -0.231. The summed E-state index contributed by atoms with van der Waals surface area (Å²) >= 11 is 0. The molecule has 2 aromatic rings. The van der Waals surface area contributed by atoms with E-state index in [2.05, 4.69) is 0 Å². The summed E-state index contributed by atoms with van der Waals surface area (Å²) in [6.07, 6.45) is 0.653.